The number of esters is 1. The fourth-order valence-corrected chi connectivity index (χ4v) is 2.18. The summed E-state index contributed by atoms with van der Waals surface area (Å²) in [6.45, 7) is 0.674. The summed E-state index contributed by atoms with van der Waals surface area (Å²) in [5, 5.41) is 11.5. The molecule has 0 aliphatic rings. The summed E-state index contributed by atoms with van der Waals surface area (Å²) in [6.07, 6.45) is 0. The fourth-order valence-electron chi connectivity index (χ4n) is 2.18. The van der Waals surface area contributed by atoms with Gasteiger partial charge in [0.1, 0.15) is 12.2 Å². The molecule has 1 aromatic carbocycles. The van der Waals surface area contributed by atoms with Crippen molar-refractivity contribution in [2.24, 2.45) is 0 Å². The van der Waals surface area contributed by atoms with Crippen molar-refractivity contribution < 1.29 is 19.4 Å². The zero-order valence-corrected chi connectivity index (χ0v) is 12.8. The van der Waals surface area contributed by atoms with Crippen LogP contribution in [0.15, 0.2) is 29.1 Å². The molecule has 0 bridgehead atoms. The number of aromatic nitrogens is 2. The number of methoxy groups -OCH3 is 1. The van der Waals surface area contributed by atoms with Gasteiger partial charge >= 0.3 is 5.97 Å². The lowest BCUT2D eigenvalue weighted by Crippen LogP contribution is -2.46. The number of para-hydroxylation sites is 2. The van der Waals surface area contributed by atoms with Gasteiger partial charge in [0.2, 0.25) is 5.91 Å². The summed E-state index contributed by atoms with van der Waals surface area (Å²) in [5.41, 5.74) is 0.974. The van der Waals surface area contributed by atoms with Crippen LogP contribution in [0.5, 0.6) is 0 Å². The largest absolute Gasteiger partial charge is 0.467 e. The van der Waals surface area contributed by atoms with Gasteiger partial charge in [-0.05, 0) is 19.1 Å². The first-order valence-electron chi connectivity index (χ1n) is 6.92. The van der Waals surface area contributed by atoms with E-state index in [1.807, 2.05) is 0 Å². The number of hydrogen-bond acceptors (Lipinski definition) is 6. The molecule has 0 aliphatic carbocycles. The molecule has 0 spiro atoms. The molecule has 1 aromatic heterocycles. The lowest BCUT2D eigenvalue weighted by Gasteiger charge is -2.15. The van der Waals surface area contributed by atoms with Crippen LogP contribution in [0.3, 0.4) is 0 Å². The van der Waals surface area contributed by atoms with Crippen molar-refractivity contribution in [2.45, 2.75) is 19.5 Å². The van der Waals surface area contributed by atoms with Crippen LogP contribution in [0, 0.1) is 6.92 Å². The number of fused-ring (bicyclic) bond motifs is 1. The molecule has 0 fully saturated rings. The second-order valence-electron chi connectivity index (χ2n) is 4.90. The number of benzene rings is 1. The Kier molecular flexibility index (Phi) is 5.07. The maximum absolute atomic E-state index is 12.2. The molecule has 0 radical (unpaired) electrons. The van der Waals surface area contributed by atoms with Crippen LogP contribution in [-0.2, 0) is 20.9 Å². The van der Waals surface area contributed by atoms with Crippen molar-refractivity contribution in [2.75, 3.05) is 13.7 Å². The Morgan fingerprint density at radius 3 is 2.74 bits per heavy atom. The highest BCUT2D eigenvalue weighted by atomic mass is 16.5. The number of aryl methyl sites for hydroxylation is 1. The highest BCUT2D eigenvalue weighted by molar-refractivity contribution is 5.85. The summed E-state index contributed by atoms with van der Waals surface area (Å²) >= 11 is 0. The van der Waals surface area contributed by atoms with Gasteiger partial charge in [0.05, 0.1) is 24.8 Å². The second kappa shape index (κ2) is 7.01. The van der Waals surface area contributed by atoms with E-state index in [0.717, 1.165) is 7.11 Å². The molecule has 8 nitrogen and oxygen atoms in total. The number of nitrogens with zero attached hydrogens (tertiary/aromatic N) is 2. The van der Waals surface area contributed by atoms with Gasteiger partial charge in [0.25, 0.3) is 5.56 Å². The third-order valence-corrected chi connectivity index (χ3v) is 3.32. The number of rotatable bonds is 5. The van der Waals surface area contributed by atoms with Gasteiger partial charge in [0.15, 0.2) is 6.04 Å². The van der Waals surface area contributed by atoms with Crippen LogP contribution >= 0.6 is 0 Å². The van der Waals surface area contributed by atoms with Gasteiger partial charge in [-0.3, -0.25) is 14.2 Å². The highest BCUT2D eigenvalue weighted by Crippen LogP contribution is 2.09. The third-order valence-electron chi connectivity index (χ3n) is 3.32. The van der Waals surface area contributed by atoms with Gasteiger partial charge in [-0.2, -0.15) is 0 Å². The number of carbonyl (C=O) groups is 2. The second-order valence-corrected chi connectivity index (χ2v) is 4.90. The first-order chi connectivity index (χ1) is 11.0. The maximum Gasteiger partial charge on any atom is 0.330 e. The molecule has 8 heteroatoms. The van der Waals surface area contributed by atoms with E-state index in [1.54, 1.807) is 31.2 Å². The van der Waals surface area contributed by atoms with Gasteiger partial charge in [0, 0.05) is 0 Å². The Bertz CT molecular complexity index is 799. The third kappa shape index (κ3) is 3.54. The van der Waals surface area contributed by atoms with Crippen molar-refractivity contribution in [3.05, 3.63) is 40.3 Å². The minimum Gasteiger partial charge on any atom is -0.467 e. The standard InChI is InChI=1S/C15H17N3O5/c1-9-14(21)18(12-6-4-3-5-10(12)16-9)7-13(20)17-11(8-19)15(22)23-2/h3-6,11,19H,7-8H2,1-2H3,(H,17,20)/t11-/m0/s1. The van der Waals surface area contributed by atoms with Crippen molar-refractivity contribution in [3.63, 3.8) is 0 Å². The average molecular weight is 319 g/mol. The molecule has 2 N–H and O–H groups in total. The van der Waals surface area contributed by atoms with Crippen molar-refractivity contribution in [1.82, 2.24) is 14.9 Å². The minimum absolute atomic E-state index is 0.267. The van der Waals surface area contributed by atoms with E-state index < -0.39 is 30.1 Å². The normalized spacial score (nSPS) is 12.0. The molecule has 23 heavy (non-hydrogen) atoms. The molecule has 1 heterocycles. The predicted molar refractivity (Wildman–Crippen MR) is 81.8 cm³/mol. The lowest BCUT2D eigenvalue weighted by atomic mass is 10.2. The number of aliphatic hydroxyl groups excluding tert-OH is 1. The van der Waals surface area contributed by atoms with E-state index in [-0.39, 0.29) is 12.2 Å². The first kappa shape index (κ1) is 16.6. The van der Waals surface area contributed by atoms with Crippen LogP contribution in [0.2, 0.25) is 0 Å². The number of carbonyl (C=O) groups excluding carboxylic acids is 2. The Morgan fingerprint density at radius 1 is 1.39 bits per heavy atom. The van der Waals surface area contributed by atoms with E-state index in [2.05, 4.69) is 15.0 Å². The molecule has 122 valence electrons. The van der Waals surface area contributed by atoms with Crippen molar-refractivity contribution in [1.29, 1.82) is 0 Å². The minimum atomic E-state index is -1.17. The highest BCUT2D eigenvalue weighted by Gasteiger charge is 2.21. The predicted octanol–water partition coefficient (Wildman–Crippen LogP) is -0.645. The first-order valence-corrected chi connectivity index (χ1v) is 6.92. The lowest BCUT2D eigenvalue weighted by molar-refractivity contribution is -0.146. The summed E-state index contributed by atoms with van der Waals surface area (Å²) < 4.78 is 5.75. The average Bonchev–Trinajstić information content (AvgIpc) is 2.56. The van der Waals surface area contributed by atoms with Crippen LogP contribution in [0.1, 0.15) is 5.69 Å². The molecule has 0 aliphatic heterocycles. The Labute approximate surface area is 131 Å². The zero-order chi connectivity index (χ0) is 17.0. The van der Waals surface area contributed by atoms with Gasteiger partial charge in [-0.1, -0.05) is 12.1 Å². The topological polar surface area (TPSA) is 111 Å². The van der Waals surface area contributed by atoms with Gasteiger partial charge < -0.3 is 15.2 Å². The smallest absolute Gasteiger partial charge is 0.330 e. The maximum atomic E-state index is 12.2. The molecule has 0 saturated carbocycles. The van der Waals surface area contributed by atoms with Crippen LogP contribution < -0.4 is 10.9 Å². The van der Waals surface area contributed by atoms with Gasteiger partial charge in [-0.15, -0.1) is 0 Å². The Morgan fingerprint density at radius 2 is 2.09 bits per heavy atom. The van der Waals surface area contributed by atoms with Crippen LogP contribution in [-0.4, -0.2) is 46.3 Å². The SMILES string of the molecule is COC(=O)[C@H](CO)NC(=O)Cn1c(=O)c(C)nc2ccccc21. The number of amides is 1. The molecule has 2 rings (SSSR count). The van der Waals surface area contributed by atoms with E-state index >= 15 is 0 Å². The molecule has 1 amide bonds. The molecule has 1 atom stereocenters. The Hall–Kier alpha value is -2.74. The number of ether oxygens (including phenoxy) is 1. The van der Waals surface area contributed by atoms with Crippen molar-refractivity contribution >= 4 is 22.9 Å². The molecule has 0 saturated heterocycles. The van der Waals surface area contributed by atoms with Gasteiger partial charge in [-0.25, -0.2) is 9.78 Å². The monoisotopic (exact) mass is 319 g/mol. The molecule has 0 unspecified atom stereocenters. The van der Waals surface area contributed by atoms with E-state index in [4.69, 9.17) is 5.11 Å². The number of hydrogen-bond donors (Lipinski definition) is 2. The van der Waals surface area contributed by atoms with E-state index in [1.165, 1.54) is 4.57 Å². The summed E-state index contributed by atoms with van der Waals surface area (Å²) in [5.74, 6) is -1.35. The molecule has 2 aromatic rings. The van der Waals surface area contributed by atoms with Crippen LogP contribution in [0.25, 0.3) is 11.0 Å². The van der Waals surface area contributed by atoms with E-state index in [9.17, 15) is 14.4 Å². The summed E-state index contributed by atoms with van der Waals surface area (Å²) in [6, 6.07) is 5.76. The van der Waals surface area contributed by atoms with Crippen molar-refractivity contribution in [3.8, 4) is 0 Å². The molecular formula is C15H17N3O5. The van der Waals surface area contributed by atoms with E-state index in [0.29, 0.717) is 11.0 Å². The number of aliphatic hydroxyl groups is 1. The Balaban J connectivity index is 2.31. The summed E-state index contributed by atoms with van der Waals surface area (Å²) in [4.78, 5) is 39.9. The number of nitrogens with one attached hydrogen (secondary N) is 1. The summed E-state index contributed by atoms with van der Waals surface area (Å²) in [7, 11) is 1.15. The zero-order valence-electron chi connectivity index (χ0n) is 12.8. The quantitative estimate of drug-likeness (QED) is 0.709. The van der Waals surface area contributed by atoms with Crippen LogP contribution in [0.4, 0.5) is 0 Å². The fraction of sp³-hybridized carbons (Fsp3) is 0.333. The molecular weight excluding hydrogens is 302 g/mol.